The Hall–Kier alpha value is -0.540. The number of rotatable bonds is 2. The van der Waals surface area contributed by atoms with E-state index in [-0.39, 0.29) is 5.75 Å². The largest absolute Gasteiger partial charge is 0.507 e. The highest BCUT2D eigenvalue weighted by atomic mass is 35.5. The van der Waals surface area contributed by atoms with Crippen molar-refractivity contribution in [2.75, 3.05) is 13.4 Å². The zero-order chi connectivity index (χ0) is 9.14. The van der Waals surface area contributed by atoms with Gasteiger partial charge in [-0.1, -0.05) is 11.6 Å². The minimum atomic E-state index is 0.159. The van der Waals surface area contributed by atoms with Gasteiger partial charge in [0.25, 0.3) is 0 Å². The van der Waals surface area contributed by atoms with Gasteiger partial charge in [-0.3, -0.25) is 0 Å². The number of phenolic OH excluding ortho intramolecular Hbond substituents is 1. The lowest BCUT2D eigenvalue weighted by Gasteiger charge is -2.07. The SMILES string of the molecule is COc1cc(Cl)cc(O)c1SC. The first-order valence-corrected chi connectivity index (χ1v) is 4.89. The van der Waals surface area contributed by atoms with Crippen LogP contribution < -0.4 is 4.74 Å². The van der Waals surface area contributed by atoms with Crippen molar-refractivity contribution in [1.82, 2.24) is 0 Å². The van der Waals surface area contributed by atoms with Crippen molar-refractivity contribution in [3.05, 3.63) is 17.2 Å². The van der Waals surface area contributed by atoms with Crippen molar-refractivity contribution in [2.45, 2.75) is 4.90 Å². The molecule has 1 rings (SSSR count). The molecule has 0 saturated heterocycles. The molecule has 0 unspecified atom stereocenters. The molecule has 0 spiro atoms. The van der Waals surface area contributed by atoms with E-state index in [0.717, 1.165) is 0 Å². The average Bonchev–Trinajstić information content (AvgIpc) is 2.03. The lowest BCUT2D eigenvalue weighted by Crippen LogP contribution is -1.86. The Morgan fingerprint density at radius 1 is 1.50 bits per heavy atom. The molecule has 66 valence electrons. The molecule has 0 saturated carbocycles. The first-order chi connectivity index (χ1) is 5.69. The molecule has 0 bridgehead atoms. The van der Waals surface area contributed by atoms with Crippen molar-refractivity contribution in [3.63, 3.8) is 0 Å². The van der Waals surface area contributed by atoms with Crippen LogP contribution in [-0.4, -0.2) is 18.5 Å². The summed E-state index contributed by atoms with van der Waals surface area (Å²) in [6.07, 6.45) is 1.87. The smallest absolute Gasteiger partial charge is 0.137 e. The Balaban J connectivity index is 3.24. The Bertz CT molecular complexity index is 289. The highest BCUT2D eigenvalue weighted by molar-refractivity contribution is 7.98. The van der Waals surface area contributed by atoms with Crippen LogP contribution in [0, 0.1) is 0 Å². The molecular weight excluding hydrogens is 196 g/mol. The number of thioether (sulfide) groups is 1. The molecule has 1 N–H and O–H groups in total. The van der Waals surface area contributed by atoms with E-state index in [1.54, 1.807) is 13.2 Å². The van der Waals surface area contributed by atoms with E-state index in [0.29, 0.717) is 15.7 Å². The van der Waals surface area contributed by atoms with Crippen LogP contribution in [0.15, 0.2) is 17.0 Å². The number of aromatic hydroxyl groups is 1. The van der Waals surface area contributed by atoms with Gasteiger partial charge in [0.1, 0.15) is 11.5 Å². The summed E-state index contributed by atoms with van der Waals surface area (Å²) in [5, 5.41) is 9.89. The topological polar surface area (TPSA) is 29.5 Å². The van der Waals surface area contributed by atoms with Crippen LogP contribution in [0.4, 0.5) is 0 Å². The predicted molar refractivity (Wildman–Crippen MR) is 51.4 cm³/mol. The van der Waals surface area contributed by atoms with Crippen molar-refractivity contribution < 1.29 is 9.84 Å². The van der Waals surface area contributed by atoms with E-state index < -0.39 is 0 Å². The van der Waals surface area contributed by atoms with Gasteiger partial charge in [-0.05, 0) is 12.3 Å². The first kappa shape index (κ1) is 9.55. The van der Waals surface area contributed by atoms with Crippen molar-refractivity contribution in [1.29, 1.82) is 0 Å². The molecular formula is C8H9ClO2S. The number of hydrogen-bond donors (Lipinski definition) is 1. The summed E-state index contributed by atoms with van der Waals surface area (Å²) in [5.74, 6) is 0.763. The fourth-order valence-electron chi connectivity index (χ4n) is 0.912. The predicted octanol–water partition coefficient (Wildman–Crippen LogP) is 2.78. The zero-order valence-corrected chi connectivity index (χ0v) is 8.37. The average molecular weight is 205 g/mol. The Morgan fingerprint density at radius 3 is 2.67 bits per heavy atom. The molecule has 0 heterocycles. The molecule has 2 nitrogen and oxygen atoms in total. The van der Waals surface area contributed by atoms with Crippen LogP contribution in [0.1, 0.15) is 0 Å². The van der Waals surface area contributed by atoms with E-state index >= 15 is 0 Å². The van der Waals surface area contributed by atoms with Gasteiger partial charge < -0.3 is 9.84 Å². The molecule has 0 fully saturated rings. The molecule has 4 heteroatoms. The van der Waals surface area contributed by atoms with Gasteiger partial charge in [0.15, 0.2) is 0 Å². The van der Waals surface area contributed by atoms with Crippen LogP contribution in [0.3, 0.4) is 0 Å². The lowest BCUT2D eigenvalue weighted by atomic mass is 10.3. The highest BCUT2D eigenvalue weighted by Gasteiger charge is 2.08. The summed E-state index contributed by atoms with van der Waals surface area (Å²) in [4.78, 5) is 0.710. The van der Waals surface area contributed by atoms with E-state index in [1.807, 2.05) is 6.26 Å². The molecule has 0 aromatic heterocycles. The van der Waals surface area contributed by atoms with Crippen molar-refractivity contribution in [2.24, 2.45) is 0 Å². The van der Waals surface area contributed by atoms with Gasteiger partial charge in [0.05, 0.1) is 12.0 Å². The van der Waals surface area contributed by atoms with Gasteiger partial charge in [-0.25, -0.2) is 0 Å². The van der Waals surface area contributed by atoms with Crippen LogP contribution in [-0.2, 0) is 0 Å². The maximum atomic E-state index is 9.42. The second kappa shape index (κ2) is 3.92. The summed E-state index contributed by atoms with van der Waals surface area (Å²) < 4.78 is 5.03. The fourth-order valence-corrected chi connectivity index (χ4v) is 1.73. The lowest BCUT2D eigenvalue weighted by molar-refractivity contribution is 0.392. The highest BCUT2D eigenvalue weighted by Crippen LogP contribution is 2.38. The van der Waals surface area contributed by atoms with Crippen molar-refractivity contribution in [3.8, 4) is 11.5 Å². The zero-order valence-electron chi connectivity index (χ0n) is 6.80. The van der Waals surface area contributed by atoms with E-state index in [1.165, 1.54) is 17.8 Å². The maximum absolute atomic E-state index is 9.42. The second-order valence-corrected chi connectivity index (χ2v) is 3.41. The van der Waals surface area contributed by atoms with Crippen LogP contribution in [0.5, 0.6) is 11.5 Å². The monoisotopic (exact) mass is 204 g/mol. The van der Waals surface area contributed by atoms with Gasteiger partial charge in [-0.15, -0.1) is 11.8 Å². The summed E-state index contributed by atoms with van der Waals surface area (Å²) in [6.45, 7) is 0. The first-order valence-electron chi connectivity index (χ1n) is 3.29. The van der Waals surface area contributed by atoms with Gasteiger partial charge in [-0.2, -0.15) is 0 Å². The number of halogens is 1. The van der Waals surface area contributed by atoms with Crippen LogP contribution >= 0.6 is 23.4 Å². The van der Waals surface area contributed by atoms with Crippen molar-refractivity contribution >= 4 is 23.4 Å². The van der Waals surface area contributed by atoms with Gasteiger partial charge in [0, 0.05) is 11.1 Å². The minimum absolute atomic E-state index is 0.159. The number of hydrogen-bond acceptors (Lipinski definition) is 3. The maximum Gasteiger partial charge on any atom is 0.137 e. The number of methoxy groups -OCH3 is 1. The Labute approximate surface area is 80.5 Å². The minimum Gasteiger partial charge on any atom is -0.507 e. The van der Waals surface area contributed by atoms with E-state index in [4.69, 9.17) is 16.3 Å². The molecule has 0 aliphatic carbocycles. The molecule has 0 aliphatic heterocycles. The fraction of sp³-hybridized carbons (Fsp3) is 0.250. The third kappa shape index (κ3) is 1.79. The molecule has 12 heavy (non-hydrogen) atoms. The molecule has 1 aromatic carbocycles. The summed E-state index contributed by atoms with van der Waals surface area (Å²) >= 11 is 7.13. The molecule has 1 aromatic rings. The van der Waals surface area contributed by atoms with Gasteiger partial charge in [0.2, 0.25) is 0 Å². The summed E-state index contributed by atoms with van der Waals surface area (Å²) in [5.41, 5.74) is 0. The Morgan fingerprint density at radius 2 is 2.17 bits per heavy atom. The normalized spacial score (nSPS) is 9.92. The molecule has 0 aliphatic rings. The third-order valence-corrected chi connectivity index (χ3v) is 2.46. The summed E-state index contributed by atoms with van der Waals surface area (Å²) in [6, 6.07) is 3.17. The molecule has 0 radical (unpaired) electrons. The van der Waals surface area contributed by atoms with E-state index in [2.05, 4.69) is 0 Å². The summed E-state index contributed by atoms with van der Waals surface area (Å²) in [7, 11) is 1.55. The number of benzene rings is 1. The molecule has 0 amide bonds. The second-order valence-electron chi connectivity index (χ2n) is 2.16. The van der Waals surface area contributed by atoms with Crippen LogP contribution in [0.2, 0.25) is 5.02 Å². The third-order valence-electron chi connectivity index (χ3n) is 1.42. The van der Waals surface area contributed by atoms with Crippen LogP contribution in [0.25, 0.3) is 0 Å². The number of phenols is 1. The standard InChI is InChI=1S/C8H9ClO2S/c1-11-7-4-5(9)3-6(10)8(7)12-2/h3-4,10H,1-2H3. The number of ether oxygens (including phenoxy) is 1. The Kier molecular flexibility index (Phi) is 3.12. The van der Waals surface area contributed by atoms with E-state index in [9.17, 15) is 5.11 Å². The van der Waals surface area contributed by atoms with Gasteiger partial charge >= 0.3 is 0 Å². The quantitative estimate of drug-likeness (QED) is 0.752. The molecule has 0 atom stereocenters.